The van der Waals surface area contributed by atoms with Crippen molar-refractivity contribution in [3.8, 4) is 17.7 Å². The van der Waals surface area contributed by atoms with Gasteiger partial charge in [0.05, 0.1) is 24.9 Å². The number of ether oxygens (including phenoxy) is 1. The fraction of sp³-hybridized carbons (Fsp3) is 0.500. The van der Waals surface area contributed by atoms with Crippen LogP contribution in [-0.4, -0.2) is 95.2 Å². The number of amides is 1. The van der Waals surface area contributed by atoms with Gasteiger partial charge in [0.1, 0.15) is 11.7 Å². The second kappa shape index (κ2) is 11.9. The third-order valence-corrected chi connectivity index (χ3v) is 5.80. The van der Waals surface area contributed by atoms with Crippen LogP contribution in [0.25, 0.3) is 0 Å². The van der Waals surface area contributed by atoms with Gasteiger partial charge in [0, 0.05) is 43.5 Å². The number of likely N-dealkylation sites (N-methyl/N-ethyl adjacent to an activating group) is 1. The van der Waals surface area contributed by atoms with Gasteiger partial charge in [-0.25, -0.2) is 4.98 Å². The maximum absolute atomic E-state index is 13.5. The van der Waals surface area contributed by atoms with Gasteiger partial charge in [0.25, 0.3) is 5.91 Å². The zero-order valence-corrected chi connectivity index (χ0v) is 20.7. The highest BCUT2D eigenvalue weighted by Gasteiger charge is 2.34. The molecule has 1 aliphatic rings. The van der Waals surface area contributed by atoms with Crippen LogP contribution in [0.1, 0.15) is 35.5 Å². The summed E-state index contributed by atoms with van der Waals surface area (Å²) in [6.45, 7) is 6.20. The average Bonchev–Trinajstić information content (AvgIpc) is 2.81. The molecule has 3 rings (SSSR count). The highest BCUT2D eigenvalue weighted by atomic mass is 16.5. The van der Waals surface area contributed by atoms with E-state index in [1.54, 1.807) is 23.4 Å². The van der Waals surface area contributed by atoms with Gasteiger partial charge in [-0.05, 0) is 46.3 Å². The molecular formula is C26H35N5O3. The maximum atomic E-state index is 13.5. The van der Waals surface area contributed by atoms with Crippen LogP contribution in [0, 0.1) is 17.8 Å². The number of hydrogen-bond acceptors (Lipinski definition) is 7. The Morgan fingerprint density at radius 1 is 1.29 bits per heavy atom. The molecule has 2 aromatic heterocycles. The Hall–Kier alpha value is -2.99. The van der Waals surface area contributed by atoms with Crippen molar-refractivity contribution in [3.63, 3.8) is 0 Å². The highest BCUT2D eigenvalue weighted by molar-refractivity contribution is 5.97. The minimum atomic E-state index is -0.323. The molecule has 2 aromatic rings. The summed E-state index contributed by atoms with van der Waals surface area (Å²) in [4.78, 5) is 28.2. The van der Waals surface area contributed by atoms with Crippen molar-refractivity contribution in [2.45, 2.75) is 32.5 Å². The molecule has 0 bridgehead atoms. The zero-order valence-electron chi connectivity index (χ0n) is 20.7. The quantitative estimate of drug-likeness (QED) is 0.624. The summed E-state index contributed by atoms with van der Waals surface area (Å²) in [6, 6.07) is 7.30. The molecule has 0 saturated heterocycles. The van der Waals surface area contributed by atoms with Gasteiger partial charge in [-0.1, -0.05) is 24.8 Å². The molecule has 0 aliphatic carbocycles. The van der Waals surface area contributed by atoms with Crippen molar-refractivity contribution in [2.24, 2.45) is 5.92 Å². The minimum Gasteiger partial charge on any atom is -0.472 e. The predicted octanol–water partition coefficient (Wildman–Crippen LogP) is 1.74. The van der Waals surface area contributed by atoms with Crippen molar-refractivity contribution >= 4 is 5.91 Å². The van der Waals surface area contributed by atoms with E-state index < -0.39 is 0 Å². The molecule has 8 heteroatoms. The van der Waals surface area contributed by atoms with Gasteiger partial charge in [0.15, 0.2) is 0 Å². The van der Waals surface area contributed by atoms with Crippen LogP contribution in [0.4, 0.5) is 0 Å². The Kier molecular flexibility index (Phi) is 8.99. The van der Waals surface area contributed by atoms with Crippen molar-refractivity contribution < 1.29 is 14.6 Å². The van der Waals surface area contributed by atoms with Crippen molar-refractivity contribution in [1.82, 2.24) is 24.7 Å². The molecule has 0 unspecified atom stereocenters. The Balaban J connectivity index is 1.89. The number of aliphatic hydroxyl groups excluding tert-OH is 1. The fourth-order valence-electron chi connectivity index (χ4n) is 3.83. The lowest BCUT2D eigenvalue weighted by Crippen LogP contribution is -2.49. The number of aliphatic hydroxyl groups is 1. The van der Waals surface area contributed by atoms with Gasteiger partial charge in [-0.3, -0.25) is 19.6 Å². The van der Waals surface area contributed by atoms with Crippen molar-refractivity contribution in [3.05, 3.63) is 53.5 Å². The zero-order chi connectivity index (χ0) is 24.7. The Morgan fingerprint density at radius 3 is 2.76 bits per heavy atom. The third-order valence-electron chi connectivity index (χ3n) is 5.80. The SMILES string of the molecule is C[C@H]1CN([C@@H](C)CO)C(=O)c2cc(C#CCN(C)C)cnc2O[C@H]1CN(C)Cc1ccccn1. The van der Waals surface area contributed by atoms with Crippen LogP contribution < -0.4 is 4.74 Å². The van der Waals surface area contributed by atoms with Crippen LogP contribution in [0.2, 0.25) is 0 Å². The minimum absolute atomic E-state index is 0.0265. The molecule has 182 valence electrons. The molecule has 0 aromatic carbocycles. The normalized spacial score (nSPS) is 19.1. The van der Waals surface area contributed by atoms with E-state index in [9.17, 15) is 9.90 Å². The monoisotopic (exact) mass is 465 g/mol. The lowest BCUT2D eigenvalue weighted by atomic mass is 10.00. The summed E-state index contributed by atoms with van der Waals surface area (Å²) in [5.41, 5.74) is 2.02. The van der Waals surface area contributed by atoms with E-state index in [-0.39, 0.29) is 30.6 Å². The summed E-state index contributed by atoms with van der Waals surface area (Å²) >= 11 is 0. The number of fused-ring (bicyclic) bond motifs is 1. The highest BCUT2D eigenvalue weighted by Crippen LogP contribution is 2.27. The fourth-order valence-corrected chi connectivity index (χ4v) is 3.83. The molecule has 0 radical (unpaired) electrons. The summed E-state index contributed by atoms with van der Waals surface area (Å²) in [7, 11) is 5.93. The first-order valence-electron chi connectivity index (χ1n) is 11.6. The third kappa shape index (κ3) is 6.76. The molecule has 8 nitrogen and oxygen atoms in total. The van der Waals surface area contributed by atoms with E-state index in [4.69, 9.17) is 4.74 Å². The maximum Gasteiger partial charge on any atom is 0.259 e. The Labute approximate surface area is 202 Å². The number of nitrogens with zero attached hydrogens (tertiary/aromatic N) is 5. The first-order chi connectivity index (χ1) is 16.3. The van der Waals surface area contributed by atoms with E-state index in [2.05, 4.69) is 33.6 Å². The molecule has 0 spiro atoms. The van der Waals surface area contributed by atoms with E-state index >= 15 is 0 Å². The smallest absolute Gasteiger partial charge is 0.259 e. The van der Waals surface area contributed by atoms with Crippen LogP contribution in [0.5, 0.6) is 5.88 Å². The lowest BCUT2D eigenvalue weighted by molar-refractivity contribution is 0.0324. The second-order valence-corrected chi connectivity index (χ2v) is 9.26. The summed E-state index contributed by atoms with van der Waals surface area (Å²) < 4.78 is 6.35. The molecule has 3 atom stereocenters. The Morgan fingerprint density at radius 2 is 2.09 bits per heavy atom. The van der Waals surface area contributed by atoms with E-state index in [0.29, 0.717) is 43.2 Å². The van der Waals surface area contributed by atoms with E-state index in [1.165, 1.54) is 0 Å². The number of hydrogen-bond donors (Lipinski definition) is 1. The second-order valence-electron chi connectivity index (χ2n) is 9.26. The van der Waals surface area contributed by atoms with Crippen LogP contribution in [0.3, 0.4) is 0 Å². The first-order valence-corrected chi connectivity index (χ1v) is 11.6. The molecule has 0 fully saturated rings. The van der Waals surface area contributed by atoms with Gasteiger partial charge in [-0.15, -0.1) is 0 Å². The largest absolute Gasteiger partial charge is 0.472 e. The van der Waals surface area contributed by atoms with Crippen LogP contribution >= 0.6 is 0 Å². The average molecular weight is 466 g/mol. The van der Waals surface area contributed by atoms with Gasteiger partial charge < -0.3 is 14.7 Å². The van der Waals surface area contributed by atoms with Gasteiger partial charge in [-0.2, -0.15) is 0 Å². The standard InChI is InChI=1S/C26H35N5O3/c1-19-15-31(20(2)18-32)26(33)23-13-21(9-8-12-29(3)4)14-28-25(23)34-24(19)17-30(5)16-22-10-6-7-11-27-22/h6-7,10-11,13-14,19-20,24,32H,12,15-18H2,1-5H3/t19-,20-,24-/m0/s1. The molecule has 1 aliphatic heterocycles. The molecule has 34 heavy (non-hydrogen) atoms. The van der Waals surface area contributed by atoms with Gasteiger partial charge in [0.2, 0.25) is 5.88 Å². The predicted molar refractivity (Wildman–Crippen MR) is 131 cm³/mol. The molecule has 1 N–H and O–H groups in total. The molecule has 0 saturated carbocycles. The Bertz CT molecular complexity index is 1020. The number of pyridine rings is 2. The van der Waals surface area contributed by atoms with Crippen molar-refractivity contribution in [2.75, 3.05) is 47.4 Å². The van der Waals surface area contributed by atoms with Crippen LogP contribution in [-0.2, 0) is 6.54 Å². The molecule has 3 heterocycles. The topological polar surface area (TPSA) is 82.0 Å². The number of carbonyl (C=O) groups is 1. The van der Waals surface area contributed by atoms with Crippen LogP contribution in [0.15, 0.2) is 36.7 Å². The number of carbonyl (C=O) groups excluding carboxylic acids is 1. The summed E-state index contributed by atoms with van der Waals surface area (Å²) in [5.74, 6) is 6.29. The lowest BCUT2D eigenvalue weighted by Gasteiger charge is -2.37. The summed E-state index contributed by atoms with van der Waals surface area (Å²) in [6.07, 6.45) is 3.24. The first kappa shape index (κ1) is 25.6. The van der Waals surface area contributed by atoms with Gasteiger partial charge >= 0.3 is 0 Å². The molecule has 1 amide bonds. The van der Waals surface area contributed by atoms with E-state index in [0.717, 1.165) is 5.69 Å². The number of aromatic nitrogens is 2. The molecular weight excluding hydrogens is 430 g/mol. The van der Waals surface area contributed by atoms with E-state index in [1.807, 2.05) is 51.2 Å². The van der Waals surface area contributed by atoms with Crippen molar-refractivity contribution in [1.29, 1.82) is 0 Å². The number of rotatable bonds is 7. The summed E-state index contributed by atoms with van der Waals surface area (Å²) in [5, 5.41) is 9.82.